The van der Waals surface area contributed by atoms with E-state index in [0.717, 1.165) is 23.4 Å². The topological polar surface area (TPSA) is 130 Å². The van der Waals surface area contributed by atoms with Crippen LogP contribution in [-0.2, 0) is 19.4 Å². The molecular formula is C17H22N8O. The summed E-state index contributed by atoms with van der Waals surface area (Å²) in [5, 5.41) is 30.4. The summed E-state index contributed by atoms with van der Waals surface area (Å²) in [6.45, 7) is 5.03. The van der Waals surface area contributed by atoms with E-state index in [2.05, 4.69) is 26.6 Å². The highest BCUT2D eigenvalue weighted by Gasteiger charge is 2.18. The van der Waals surface area contributed by atoms with Crippen molar-refractivity contribution in [2.45, 2.75) is 33.2 Å². The molecule has 0 bridgehead atoms. The van der Waals surface area contributed by atoms with E-state index in [1.165, 1.54) is 4.52 Å². The highest BCUT2D eigenvalue weighted by Crippen LogP contribution is 2.24. The van der Waals surface area contributed by atoms with Crippen LogP contribution in [0.25, 0.3) is 5.65 Å². The van der Waals surface area contributed by atoms with Gasteiger partial charge in [0.2, 0.25) is 0 Å². The Bertz CT molecular complexity index is 965. The third-order valence-electron chi connectivity index (χ3n) is 4.26. The Morgan fingerprint density at radius 1 is 1.38 bits per heavy atom. The lowest BCUT2D eigenvalue weighted by Crippen LogP contribution is -2.13. The van der Waals surface area contributed by atoms with Gasteiger partial charge in [-0.3, -0.25) is 4.68 Å². The van der Waals surface area contributed by atoms with E-state index >= 15 is 0 Å². The zero-order chi connectivity index (χ0) is 18.7. The number of rotatable bonds is 7. The standard InChI is InChI=1S/C17H22N8O/c1-3-13-11(2)22-25-15(19)14(10-18)16(21-17(13)25)20-6-4-12-5-7-24(23-12)8-9-26/h5,7,26H,3-4,6,8-9,19H2,1-2H3,(H,20,21). The van der Waals surface area contributed by atoms with E-state index in [1.54, 1.807) is 4.68 Å². The van der Waals surface area contributed by atoms with Crippen molar-refractivity contribution in [3.8, 4) is 6.07 Å². The molecule has 26 heavy (non-hydrogen) atoms. The summed E-state index contributed by atoms with van der Waals surface area (Å²) >= 11 is 0. The van der Waals surface area contributed by atoms with Crippen LogP contribution in [0.15, 0.2) is 12.3 Å². The summed E-state index contributed by atoms with van der Waals surface area (Å²) in [6, 6.07) is 4.02. The Morgan fingerprint density at radius 3 is 2.88 bits per heavy atom. The molecule has 136 valence electrons. The van der Waals surface area contributed by atoms with Crippen LogP contribution in [0.2, 0.25) is 0 Å². The van der Waals surface area contributed by atoms with Crippen molar-refractivity contribution in [3.63, 3.8) is 0 Å². The molecular weight excluding hydrogens is 332 g/mol. The smallest absolute Gasteiger partial charge is 0.163 e. The van der Waals surface area contributed by atoms with Crippen LogP contribution >= 0.6 is 0 Å². The van der Waals surface area contributed by atoms with Crippen molar-refractivity contribution in [3.05, 3.63) is 34.8 Å². The number of nitriles is 1. The Hall–Kier alpha value is -3.12. The first-order valence-corrected chi connectivity index (χ1v) is 8.53. The van der Waals surface area contributed by atoms with Crippen molar-refractivity contribution in [2.24, 2.45) is 0 Å². The number of hydrogen-bond acceptors (Lipinski definition) is 7. The van der Waals surface area contributed by atoms with Crippen molar-refractivity contribution in [1.29, 1.82) is 5.26 Å². The van der Waals surface area contributed by atoms with Crippen molar-refractivity contribution in [2.75, 3.05) is 24.2 Å². The van der Waals surface area contributed by atoms with Crippen molar-refractivity contribution in [1.82, 2.24) is 24.4 Å². The molecule has 0 fully saturated rings. The summed E-state index contributed by atoms with van der Waals surface area (Å²) in [5.41, 5.74) is 9.89. The SMILES string of the molecule is CCc1c(C)nn2c(N)c(C#N)c(NCCc3ccn(CCO)n3)nc12. The fourth-order valence-corrected chi connectivity index (χ4v) is 2.94. The molecule has 0 unspecified atom stereocenters. The molecule has 0 spiro atoms. The number of aryl methyl sites for hydroxylation is 2. The number of hydrogen-bond donors (Lipinski definition) is 3. The minimum atomic E-state index is 0.0542. The third-order valence-corrected chi connectivity index (χ3v) is 4.26. The number of nitrogen functional groups attached to an aromatic ring is 1. The van der Waals surface area contributed by atoms with Gasteiger partial charge in [0.05, 0.1) is 24.5 Å². The van der Waals surface area contributed by atoms with Gasteiger partial charge < -0.3 is 16.2 Å². The Balaban J connectivity index is 1.83. The van der Waals surface area contributed by atoms with Gasteiger partial charge in [-0.2, -0.15) is 20.0 Å². The van der Waals surface area contributed by atoms with Gasteiger partial charge in [0.15, 0.2) is 5.65 Å². The summed E-state index contributed by atoms with van der Waals surface area (Å²) in [5.74, 6) is 0.747. The number of aromatic nitrogens is 5. The normalized spacial score (nSPS) is 11.0. The van der Waals surface area contributed by atoms with Crippen LogP contribution in [0.3, 0.4) is 0 Å². The van der Waals surface area contributed by atoms with Gasteiger partial charge >= 0.3 is 0 Å². The van der Waals surface area contributed by atoms with Gasteiger partial charge in [0.25, 0.3) is 0 Å². The number of fused-ring (bicyclic) bond motifs is 1. The predicted molar refractivity (Wildman–Crippen MR) is 97.7 cm³/mol. The molecule has 0 aromatic carbocycles. The molecule has 9 nitrogen and oxygen atoms in total. The molecule has 0 radical (unpaired) electrons. The molecule has 0 aliphatic rings. The first-order chi connectivity index (χ1) is 12.6. The maximum absolute atomic E-state index is 9.48. The maximum atomic E-state index is 9.48. The second kappa shape index (κ2) is 7.41. The van der Waals surface area contributed by atoms with E-state index < -0.39 is 0 Å². The van der Waals surface area contributed by atoms with Gasteiger partial charge in [0.1, 0.15) is 23.3 Å². The van der Waals surface area contributed by atoms with Crippen LogP contribution in [-0.4, -0.2) is 42.6 Å². The first-order valence-electron chi connectivity index (χ1n) is 8.53. The lowest BCUT2D eigenvalue weighted by Gasteiger charge is -2.10. The minimum Gasteiger partial charge on any atom is -0.394 e. The molecule has 0 amide bonds. The largest absolute Gasteiger partial charge is 0.394 e. The Kier molecular flexibility index (Phi) is 5.04. The van der Waals surface area contributed by atoms with E-state index in [-0.39, 0.29) is 18.0 Å². The average Bonchev–Trinajstić information content (AvgIpc) is 3.19. The summed E-state index contributed by atoms with van der Waals surface area (Å²) in [4.78, 5) is 4.59. The van der Waals surface area contributed by atoms with Crippen molar-refractivity contribution >= 4 is 17.3 Å². The zero-order valence-corrected chi connectivity index (χ0v) is 14.9. The fraction of sp³-hybridized carbons (Fsp3) is 0.412. The summed E-state index contributed by atoms with van der Waals surface area (Å²) in [6.07, 6.45) is 3.28. The second-order valence-corrected chi connectivity index (χ2v) is 5.96. The van der Waals surface area contributed by atoms with Crippen LogP contribution in [0.4, 0.5) is 11.6 Å². The zero-order valence-electron chi connectivity index (χ0n) is 14.9. The summed E-state index contributed by atoms with van der Waals surface area (Å²) in [7, 11) is 0. The van der Waals surface area contributed by atoms with E-state index in [9.17, 15) is 5.26 Å². The molecule has 3 aromatic rings. The monoisotopic (exact) mass is 354 g/mol. The first kappa shape index (κ1) is 17.7. The molecule has 3 rings (SSSR count). The molecule has 3 aromatic heterocycles. The molecule has 4 N–H and O–H groups in total. The van der Waals surface area contributed by atoms with Gasteiger partial charge in [0, 0.05) is 24.7 Å². The Morgan fingerprint density at radius 2 is 2.19 bits per heavy atom. The van der Waals surface area contributed by atoms with E-state index in [1.807, 2.05) is 26.1 Å². The number of aliphatic hydroxyl groups excluding tert-OH is 1. The average molecular weight is 354 g/mol. The minimum absolute atomic E-state index is 0.0542. The van der Waals surface area contributed by atoms with Gasteiger partial charge in [-0.15, -0.1) is 0 Å². The number of nitrogens with two attached hydrogens (primary N) is 1. The lowest BCUT2D eigenvalue weighted by molar-refractivity contribution is 0.269. The highest BCUT2D eigenvalue weighted by molar-refractivity contribution is 5.69. The second-order valence-electron chi connectivity index (χ2n) is 5.96. The van der Waals surface area contributed by atoms with Gasteiger partial charge in [-0.25, -0.2) is 4.98 Å². The molecule has 0 aliphatic heterocycles. The molecule has 0 atom stereocenters. The molecule has 0 saturated carbocycles. The predicted octanol–water partition coefficient (Wildman–Crippen LogP) is 0.897. The van der Waals surface area contributed by atoms with Gasteiger partial charge in [-0.05, 0) is 19.4 Å². The third kappa shape index (κ3) is 3.19. The van der Waals surface area contributed by atoms with Crippen LogP contribution in [0.5, 0.6) is 0 Å². The van der Waals surface area contributed by atoms with Crippen molar-refractivity contribution < 1.29 is 5.11 Å². The fourth-order valence-electron chi connectivity index (χ4n) is 2.94. The molecule has 0 saturated heterocycles. The van der Waals surface area contributed by atoms with E-state index in [4.69, 9.17) is 10.8 Å². The molecule has 3 heterocycles. The van der Waals surface area contributed by atoms with E-state index in [0.29, 0.717) is 31.0 Å². The van der Waals surface area contributed by atoms with Crippen LogP contribution in [0.1, 0.15) is 29.4 Å². The van der Waals surface area contributed by atoms with Gasteiger partial charge in [-0.1, -0.05) is 6.92 Å². The maximum Gasteiger partial charge on any atom is 0.163 e. The molecule has 0 aliphatic carbocycles. The van der Waals surface area contributed by atoms with Crippen LogP contribution in [0, 0.1) is 18.3 Å². The number of nitrogens with zero attached hydrogens (tertiary/aromatic N) is 6. The quantitative estimate of drug-likeness (QED) is 0.574. The summed E-state index contributed by atoms with van der Waals surface area (Å²) < 4.78 is 3.23. The van der Waals surface area contributed by atoms with Crippen LogP contribution < -0.4 is 11.1 Å². The highest BCUT2D eigenvalue weighted by atomic mass is 16.3. The Labute approximate surface area is 151 Å². The molecule has 9 heteroatoms. The number of anilines is 2. The number of aliphatic hydroxyl groups is 1. The lowest BCUT2D eigenvalue weighted by atomic mass is 10.2. The number of nitrogens with one attached hydrogen (secondary N) is 1.